The van der Waals surface area contributed by atoms with Crippen LogP contribution in [0.5, 0.6) is 5.75 Å². The minimum atomic E-state index is -4.88. The average molecular weight is 501 g/mol. The van der Waals surface area contributed by atoms with Crippen LogP contribution in [0.15, 0.2) is 53.3 Å². The second-order valence-corrected chi connectivity index (χ2v) is 8.53. The van der Waals surface area contributed by atoms with Gasteiger partial charge in [-0.15, -0.1) is 13.2 Å². The number of nitrogens with zero attached hydrogens (tertiary/aromatic N) is 3. The molecule has 2 aromatic rings. The van der Waals surface area contributed by atoms with Crippen LogP contribution in [0, 0.1) is 0 Å². The normalized spacial score (nSPS) is 20.6. The lowest BCUT2D eigenvalue weighted by molar-refractivity contribution is -0.274. The maximum atomic E-state index is 12.9. The van der Waals surface area contributed by atoms with Crippen LogP contribution < -0.4 is 15.4 Å². The Morgan fingerprint density at radius 3 is 2.50 bits per heavy atom. The summed E-state index contributed by atoms with van der Waals surface area (Å²) < 4.78 is 42.3. The number of ether oxygens (including phenoxy) is 1. The number of hydrogen-bond donors (Lipinski definition) is 2. The largest absolute Gasteiger partial charge is 0.573 e. The molecule has 0 spiro atoms. The van der Waals surface area contributed by atoms with Gasteiger partial charge in [-0.25, -0.2) is 0 Å². The maximum absolute atomic E-state index is 12.9. The van der Waals surface area contributed by atoms with E-state index in [-0.39, 0.29) is 35.1 Å². The number of carbonyl (C=O) groups is 2. The third kappa shape index (κ3) is 4.71. The van der Waals surface area contributed by atoms with Crippen molar-refractivity contribution in [2.75, 3.05) is 50.5 Å². The number of para-hydroxylation sites is 1. The second kappa shape index (κ2) is 9.19. The Labute approximate surface area is 204 Å². The zero-order valence-electron chi connectivity index (χ0n) is 19.2. The molecule has 0 atom stereocenters. The van der Waals surface area contributed by atoms with Gasteiger partial charge in [-0.3, -0.25) is 9.59 Å². The van der Waals surface area contributed by atoms with Crippen LogP contribution in [0.2, 0.25) is 0 Å². The molecule has 1 saturated heterocycles. The van der Waals surface area contributed by atoms with Gasteiger partial charge in [0.25, 0.3) is 11.8 Å². The average Bonchev–Trinajstić information content (AvgIpc) is 3.34. The first-order valence-electron chi connectivity index (χ1n) is 11.2. The number of nitrogens with one attached hydrogen (secondary N) is 2. The minimum Gasteiger partial charge on any atom is -0.406 e. The number of benzene rings is 2. The third-order valence-electron chi connectivity index (χ3n) is 6.10. The van der Waals surface area contributed by atoms with Gasteiger partial charge in [-0.2, -0.15) is 0 Å². The number of anilines is 2. The van der Waals surface area contributed by atoms with Crippen molar-refractivity contribution in [3.63, 3.8) is 0 Å². The molecule has 3 aliphatic rings. The van der Waals surface area contributed by atoms with Crippen molar-refractivity contribution in [3.8, 4) is 5.75 Å². The van der Waals surface area contributed by atoms with Crippen molar-refractivity contribution in [1.82, 2.24) is 9.80 Å². The smallest absolute Gasteiger partial charge is 0.406 e. The number of alkyl halides is 3. The zero-order chi connectivity index (χ0) is 25.4. The fraction of sp³-hybridized carbons (Fsp3) is 0.292. The number of oxime groups is 1. The Morgan fingerprint density at radius 1 is 1.03 bits per heavy atom. The van der Waals surface area contributed by atoms with E-state index in [2.05, 4.69) is 25.4 Å². The molecular formula is C24H22F3N5O4. The van der Waals surface area contributed by atoms with E-state index >= 15 is 0 Å². The fourth-order valence-corrected chi connectivity index (χ4v) is 4.29. The summed E-state index contributed by atoms with van der Waals surface area (Å²) in [5.41, 5.74) is 2.41. The molecule has 1 fully saturated rings. The molecule has 2 amide bonds. The number of amides is 2. The lowest BCUT2D eigenvalue weighted by atomic mass is 10.0. The molecule has 9 nitrogen and oxygen atoms in total. The molecule has 0 unspecified atom stereocenters. The summed E-state index contributed by atoms with van der Waals surface area (Å²) in [5.74, 6) is -1.19. The summed E-state index contributed by atoms with van der Waals surface area (Å²) in [5, 5.41) is 9.94. The predicted octanol–water partition coefficient (Wildman–Crippen LogP) is 2.87. The minimum absolute atomic E-state index is 0.0848. The van der Waals surface area contributed by atoms with Gasteiger partial charge in [0.05, 0.1) is 11.3 Å². The van der Waals surface area contributed by atoms with E-state index in [9.17, 15) is 22.8 Å². The maximum Gasteiger partial charge on any atom is 0.573 e. The lowest BCUT2D eigenvalue weighted by Crippen LogP contribution is -2.48. The zero-order valence-corrected chi connectivity index (χ0v) is 19.2. The van der Waals surface area contributed by atoms with E-state index < -0.39 is 18.0 Å². The molecule has 36 heavy (non-hydrogen) atoms. The van der Waals surface area contributed by atoms with Gasteiger partial charge in [0.1, 0.15) is 11.5 Å². The molecule has 188 valence electrons. The molecule has 0 aromatic heterocycles. The van der Waals surface area contributed by atoms with Gasteiger partial charge >= 0.3 is 6.36 Å². The Bertz CT molecular complexity index is 1280. The second-order valence-electron chi connectivity index (χ2n) is 8.53. The van der Waals surface area contributed by atoms with E-state index in [0.29, 0.717) is 30.0 Å². The van der Waals surface area contributed by atoms with Crippen molar-refractivity contribution >= 4 is 34.5 Å². The topological polar surface area (TPSA) is 95.5 Å². The number of fused-ring (bicyclic) bond motifs is 2. The SMILES string of the molecule is CN1CCN(C(=O)CO/N=C2/C(=C3/C(=O)Nc4ccc(OC(F)(F)F)cc43)Nc3ccccc32)CC1. The molecule has 0 radical (unpaired) electrons. The van der Waals surface area contributed by atoms with Crippen molar-refractivity contribution < 1.29 is 32.3 Å². The number of carbonyl (C=O) groups excluding carboxylic acids is 2. The lowest BCUT2D eigenvalue weighted by Gasteiger charge is -2.32. The van der Waals surface area contributed by atoms with Crippen LogP contribution in [0.25, 0.3) is 5.57 Å². The van der Waals surface area contributed by atoms with Crippen molar-refractivity contribution in [2.24, 2.45) is 5.16 Å². The van der Waals surface area contributed by atoms with Crippen LogP contribution in [-0.2, 0) is 14.4 Å². The number of hydrogen-bond acceptors (Lipinski definition) is 7. The summed E-state index contributed by atoms with van der Waals surface area (Å²) in [4.78, 5) is 34.7. The quantitative estimate of drug-likeness (QED) is 0.494. The predicted molar refractivity (Wildman–Crippen MR) is 125 cm³/mol. The van der Waals surface area contributed by atoms with E-state index in [4.69, 9.17) is 4.84 Å². The van der Waals surface area contributed by atoms with Gasteiger partial charge in [0, 0.05) is 48.7 Å². The van der Waals surface area contributed by atoms with Gasteiger partial charge in [-0.1, -0.05) is 23.4 Å². The molecule has 2 N–H and O–H groups in total. The van der Waals surface area contributed by atoms with Gasteiger partial charge in [-0.05, 0) is 31.3 Å². The standard InChI is InChI=1S/C24H22F3N5O4/c1-31-8-10-32(11-9-31)19(33)13-35-30-21-15-4-2-3-5-17(15)28-22(21)20-16-12-14(36-24(25,26)27)6-7-18(16)29-23(20)34/h2-7,12,28H,8-11,13H2,1H3,(H,29,34)/b22-20-,30-21+. The van der Waals surface area contributed by atoms with Crippen molar-refractivity contribution in [3.05, 3.63) is 59.3 Å². The van der Waals surface area contributed by atoms with E-state index in [1.165, 1.54) is 6.07 Å². The number of piperazine rings is 1. The van der Waals surface area contributed by atoms with E-state index in [0.717, 1.165) is 25.2 Å². The van der Waals surface area contributed by atoms with Crippen molar-refractivity contribution in [1.29, 1.82) is 0 Å². The highest BCUT2D eigenvalue weighted by Gasteiger charge is 2.36. The Balaban J connectivity index is 1.46. The number of likely N-dealkylation sites (N-methyl/N-ethyl adjacent to an activating group) is 1. The number of halogens is 3. The first kappa shape index (κ1) is 23.7. The monoisotopic (exact) mass is 501 g/mol. The summed E-state index contributed by atoms with van der Waals surface area (Å²) >= 11 is 0. The highest BCUT2D eigenvalue weighted by atomic mass is 19.4. The highest BCUT2D eigenvalue weighted by molar-refractivity contribution is 6.39. The van der Waals surface area contributed by atoms with Gasteiger partial charge in [0.2, 0.25) is 0 Å². The fourth-order valence-electron chi connectivity index (χ4n) is 4.29. The van der Waals surface area contributed by atoms with E-state index in [1.807, 2.05) is 7.05 Å². The van der Waals surface area contributed by atoms with Gasteiger partial charge in [0.15, 0.2) is 6.61 Å². The van der Waals surface area contributed by atoms with Crippen molar-refractivity contribution in [2.45, 2.75) is 6.36 Å². The Hall–Kier alpha value is -4.06. The molecule has 3 aliphatic heterocycles. The molecule has 12 heteroatoms. The van der Waals surface area contributed by atoms with Crippen LogP contribution in [-0.4, -0.2) is 73.5 Å². The molecule has 5 rings (SSSR count). The third-order valence-corrected chi connectivity index (χ3v) is 6.10. The summed E-state index contributed by atoms with van der Waals surface area (Å²) in [6.45, 7) is 2.43. The van der Waals surface area contributed by atoms with Crippen LogP contribution >= 0.6 is 0 Å². The molecule has 0 saturated carbocycles. The number of rotatable bonds is 4. The van der Waals surface area contributed by atoms with Crippen LogP contribution in [0.1, 0.15) is 11.1 Å². The number of allylic oxidation sites excluding steroid dienone is 1. The van der Waals surface area contributed by atoms with Crippen LogP contribution in [0.4, 0.5) is 24.5 Å². The Morgan fingerprint density at radius 2 is 1.75 bits per heavy atom. The first-order valence-corrected chi connectivity index (χ1v) is 11.2. The van der Waals surface area contributed by atoms with E-state index in [1.54, 1.807) is 29.2 Å². The molecule has 3 heterocycles. The summed E-state index contributed by atoms with van der Waals surface area (Å²) in [6.07, 6.45) is -4.88. The summed E-state index contributed by atoms with van der Waals surface area (Å²) in [6, 6.07) is 10.7. The van der Waals surface area contributed by atoms with Crippen LogP contribution in [0.3, 0.4) is 0 Å². The first-order chi connectivity index (χ1) is 17.2. The highest BCUT2D eigenvalue weighted by Crippen LogP contribution is 2.41. The molecule has 0 aliphatic carbocycles. The van der Waals surface area contributed by atoms with Gasteiger partial charge < -0.3 is 30.0 Å². The Kier molecular flexibility index (Phi) is 6.04. The summed E-state index contributed by atoms with van der Waals surface area (Å²) in [7, 11) is 1.99. The molecular weight excluding hydrogens is 479 g/mol. The molecule has 0 bridgehead atoms. The molecule has 2 aromatic carbocycles.